The van der Waals surface area contributed by atoms with Gasteiger partial charge in [-0.05, 0) is 49.6 Å². The number of hydrogen-bond donors (Lipinski definition) is 1. The SMILES string of the molecule is Cc1cccc(N(C)c2ncccc2CC(C)N)c1. The number of hydrogen-bond acceptors (Lipinski definition) is 3. The van der Waals surface area contributed by atoms with E-state index >= 15 is 0 Å². The summed E-state index contributed by atoms with van der Waals surface area (Å²) < 4.78 is 0. The molecule has 0 aliphatic rings. The average Bonchev–Trinajstić information content (AvgIpc) is 2.38. The van der Waals surface area contributed by atoms with Crippen LogP contribution < -0.4 is 10.6 Å². The molecule has 0 bridgehead atoms. The van der Waals surface area contributed by atoms with Crippen LogP contribution in [0.3, 0.4) is 0 Å². The van der Waals surface area contributed by atoms with Gasteiger partial charge in [0, 0.05) is 25.0 Å². The van der Waals surface area contributed by atoms with Crippen molar-refractivity contribution in [2.24, 2.45) is 5.73 Å². The monoisotopic (exact) mass is 255 g/mol. The lowest BCUT2D eigenvalue weighted by molar-refractivity contribution is 0.735. The fourth-order valence-corrected chi connectivity index (χ4v) is 2.20. The van der Waals surface area contributed by atoms with Crippen LogP contribution in [0.4, 0.5) is 11.5 Å². The van der Waals surface area contributed by atoms with Crippen molar-refractivity contribution in [3.8, 4) is 0 Å². The minimum absolute atomic E-state index is 0.133. The van der Waals surface area contributed by atoms with E-state index in [2.05, 4.69) is 47.1 Å². The number of nitrogens with zero attached hydrogens (tertiary/aromatic N) is 2. The van der Waals surface area contributed by atoms with E-state index in [0.29, 0.717) is 0 Å². The van der Waals surface area contributed by atoms with Gasteiger partial charge in [0.25, 0.3) is 0 Å². The van der Waals surface area contributed by atoms with Crippen LogP contribution in [0.2, 0.25) is 0 Å². The van der Waals surface area contributed by atoms with Gasteiger partial charge in [-0.1, -0.05) is 18.2 Å². The highest BCUT2D eigenvalue weighted by atomic mass is 15.2. The third-order valence-corrected chi connectivity index (χ3v) is 3.12. The molecule has 2 N–H and O–H groups in total. The van der Waals surface area contributed by atoms with Gasteiger partial charge < -0.3 is 10.6 Å². The second-order valence-electron chi connectivity index (χ2n) is 5.07. The van der Waals surface area contributed by atoms with E-state index in [9.17, 15) is 0 Å². The Bertz CT molecular complexity index is 549. The molecule has 0 saturated carbocycles. The molecule has 3 nitrogen and oxygen atoms in total. The zero-order valence-electron chi connectivity index (χ0n) is 11.8. The molecule has 0 aliphatic heterocycles. The predicted octanol–water partition coefficient (Wildman–Crippen LogP) is 3.05. The van der Waals surface area contributed by atoms with Crippen LogP contribution >= 0.6 is 0 Å². The summed E-state index contributed by atoms with van der Waals surface area (Å²) in [6.07, 6.45) is 2.66. The summed E-state index contributed by atoms with van der Waals surface area (Å²) in [6, 6.07) is 12.6. The number of aromatic nitrogens is 1. The number of aryl methyl sites for hydroxylation is 1. The van der Waals surface area contributed by atoms with Gasteiger partial charge in [0.1, 0.15) is 5.82 Å². The molecule has 0 radical (unpaired) electrons. The summed E-state index contributed by atoms with van der Waals surface area (Å²) in [5.41, 5.74) is 9.48. The van der Waals surface area contributed by atoms with Crippen LogP contribution in [-0.2, 0) is 6.42 Å². The van der Waals surface area contributed by atoms with Crippen LogP contribution in [0.5, 0.6) is 0 Å². The molecule has 100 valence electrons. The van der Waals surface area contributed by atoms with Crippen molar-refractivity contribution in [3.05, 3.63) is 53.7 Å². The Morgan fingerprint density at radius 1 is 1.26 bits per heavy atom. The summed E-state index contributed by atoms with van der Waals surface area (Å²) in [6.45, 7) is 4.11. The normalized spacial score (nSPS) is 12.2. The minimum atomic E-state index is 0.133. The number of anilines is 2. The van der Waals surface area contributed by atoms with Crippen LogP contribution in [0, 0.1) is 6.92 Å². The minimum Gasteiger partial charge on any atom is -0.329 e. The summed E-state index contributed by atoms with van der Waals surface area (Å²) in [4.78, 5) is 6.62. The summed E-state index contributed by atoms with van der Waals surface area (Å²) in [7, 11) is 2.04. The highest BCUT2D eigenvalue weighted by molar-refractivity contribution is 5.62. The maximum Gasteiger partial charge on any atom is 0.135 e. The highest BCUT2D eigenvalue weighted by Crippen LogP contribution is 2.26. The van der Waals surface area contributed by atoms with Crippen molar-refractivity contribution >= 4 is 11.5 Å². The van der Waals surface area contributed by atoms with Gasteiger partial charge in [0.15, 0.2) is 0 Å². The molecule has 1 atom stereocenters. The van der Waals surface area contributed by atoms with Gasteiger partial charge in [0.2, 0.25) is 0 Å². The van der Waals surface area contributed by atoms with Crippen LogP contribution in [-0.4, -0.2) is 18.1 Å². The summed E-state index contributed by atoms with van der Waals surface area (Å²) in [5, 5.41) is 0. The van der Waals surface area contributed by atoms with Gasteiger partial charge in [-0.3, -0.25) is 0 Å². The Kier molecular flexibility index (Phi) is 4.17. The lowest BCUT2D eigenvalue weighted by Crippen LogP contribution is -2.21. The Labute approximate surface area is 115 Å². The molecule has 0 spiro atoms. The maximum absolute atomic E-state index is 5.91. The maximum atomic E-state index is 5.91. The molecule has 1 aromatic heterocycles. The Hall–Kier alpha value is -1.87. The average molecular weight is 255 g/mol. The summed E-state index contributed by atoms with van der Waals surface area (Å²) >= 11 is 0. The first-order chi connectivity index (χ1) is 9.08. The molecule has 0 saturated heterocycles. The predicted molar refractivity (Wildman–Crippen MR) is 80.8 cm³/mol. The molecule has 1 heterocycles. The van der Waals surface area contributed by atoms with Crippen LogP contribution in [0.25, 0.3) is 0 Å². The van der Waals surface area contributed by atoms with Crippen molar-refractivity contribution < 1.29 is 0 Å². The molecule has 0 amide bonds. The van der Waals surface area contributed by atoms with E-state index in [0.717, 1.165) is 17.9 Å². The number of rotatable bonds is 4. The van der Waals surface area contributed by atoms with Crippen molar-refractivity contribution in [3.63, 3.8) is 0 Å². The third-order valence-electron chi connectivity index (χ3n) is 3.12. The van der Waals surface area contributed by atoms with Gasteiger partial charge >= 0.3 is 0 Å². The smallest absolute Gasteiger partial charge is 0.135 e. The number of nitrogens with two attached hydrogens (primary N) is 1. The second kappa shape index (κ2) is 5.85. The first-order valence-electron chi connectivity index (χ1n) is 6.58. The topological polar surface area (TPSA) is 42.2 Å². The van der Waals surface area contributed by atoms with E-state index in [-0.39, 0.29) is 6.04 Å². The molecule has 2 aromatic rings. The highest BCUT2D eigenvalue weighted by Gasteiger charge is 2.11. The van der Waals surface area contributed by atoms with E-state index in [4.69, 9.17) is 5.73 Å². The first-order valence-corrected chi connectivity index (χ1v) is 6.58. The van der Waals surface area contributed by atoms with Gasteiger partial charge in [-0.2, -0.15) is 0 Å². The molecule has 1 aromatic carbocycles. The Morgan fingerprint density at radius 2 is 2.05 bits per heavy atom. The molecular weight excluding hydrogens is 234 g/mol. The summed E-state index contributed by atoms with van der Waals surface area (Å²) in [5.74, 6) is 0.977. The largest absolute Gasteiger partial charge is 0.329 e. The van der Waals surface area contributed by atoms with Gasteiger partial charge in [-0.25, -0.2) is 4.98 Å². The fraction of sp³-hybridized carbons (Fsp3) is 0.312. The lowest BCUT2D eigenvalue weighted by atomic mass is 10.1. The third kappa shape index (κ3) is 3.32. The van der Waals surface area contributed by atoms with Crippen molar-refractivity contribution in [1.82, 2.24) is 4.98 Å². The first kappa shape index (κ1) is 13.6. The molecule has 1 unspecified atom stereocenters. The van der Waals surface area contributed by atoms with E-state index in [1.165, 1.54) is 11.1 Å². The van der Waals surface area contributed by atoms with E-state index < -0.39 is 0 Å². The molecule has 2 rings (SSSR count). The molecular formula is C16H21N3. The molecule has 19 heavy (non-hydrogen) atoms. The lowest BCUT2D eigenvalue weighted by Gasteiger charge is -2.22. The van der Waals surface area contributed by atoms with E-state index in [1.807, 2.05) is 26.2 Å². The van der Waals surface area contributed by atoms with Crippen molar-refractivity contribution in [2.75, 3.05) is 11.9 Å². The van der Waals surface area contributed by atoms with Crippen molar-refractivity contribution in [2.45, 2.75) is 26.3 Å². The van der Waals surface area contributed by atoms with Crippen LogP contribution in [0.15, 0.2) is 42.6 Å². The standard InChI is InChI=1S/C16H21N3/c1-12-6-4-8-15(10-12)19(3)16-14(11-13(2)17)7-5-9-18-16/h4-10,13H,11,17H2,1-3H3. The Balaban J connectivity index is 2.35. The zero-order chi connectivity index (χ0) is 13.8. The zero-order valence-corrected chi connectivity index (χ0v) is 11.8. The van der Waals surface area contributed by atoms with Crippen LogP contribution in [0.1, 0.15) is 18.1 Å². The Morgan fingerprint density at radius 3 is 2.74 bits per heavy atom. The number of benzene rings is 1. The van der Waals surface area contributed by atoms with Gasteiger partial charge in [-0.15, -0.1) is 0 Å². The molecule has 0 fully saturated rings. The van der Waals surface area contributed by atoms with Crippen molar-refractivity contribution in [1.29, 1.82) is 0 Å². The number of pyridine rings is 1. The second-order valence-corrected chi connectivity index (χ2v) is 5.07. The molecule has 3 heteroatoms. The van der Waals surface area contributed by atoms with E-state index in [1.54, 1.807) is 0 Å². The quantitative estimate of drug-likeness (QED) is 0.913. The van der Waals surface area contributed by atoms with Gasteiger partial charge in [0.05, 0.1) is 0 Å². The fourth-order valence-electron chi connectivity index (χ4n) is 2.20. The molecule has 0 aliphatic carbocycles.